The van der Waals surface area contributed by atoms with Crippen LogP contribution in [0.5, 0.6) is 0 Å². The maximum atomic E-state index is 13.5. The van der Waals surface area contributed by atoms with Crippen LogP contribution >= 0.6 is 22.9 Å². The van der Waals surface area contributed by atoms with Gasteiger partial charge in [-0.2, -0.15) is 0 Å². The van der Waals surface area contributed by atoms with Crippen LogP contribution in [0.15, 0.2) is 24.5 Å². The second-order valence-electron chi connectivity index (χ2n) is 6.84. The summed E-state index contributed by atoms with van der Waals surface area (Å²) in [6.45, 7) is 3.38. The monoisotopic (exact) mass is 424 g/mol. The maximum absolute atomic E-state index is 13.5. The van der Waals surface area contributed by atoms with Crippen molar-refractivity contribution in [1.29, 1.82) is 0 Å². The van der Waals surface area contributed by atoms with Gasteiger partial charge in [-0.1, -0.05) is 31.5 Å². The van der Waals surface area contributed by atoms with Crippen molar-refractivity contribution in [3.63, 3.8) is 0 Å². The number of piperidine rings is 1. The van der Waals surface area contributed by atoms with Crippen molar-refractivity contribution in [2.45, 2.75) is 45.1 Å². The Morgan fingerprint density at radius 2 is 2.29 bits per heavy atom. The highest BCUT2D eigenvalue weighted by molar-refractivity contribution is 7.19. The summed E-state index contributed by atoms with van der Waals surface area (Å²) in [4.78, 5) is 14.4. The number of nitrogens with zero attached hydrogens (tertiary/aromatic N) is 4. The van der Waals surface area contributed by atoms with Crippen molar-refractivity contribution in [3.8, 4) is 0 Å². The fourth-order valence-corrected chi connectivity index (χ4v) is 4.05. The Kier molecular flexibility index (Phi) is 4.19. The van der Waals surface area contributed by atoms with Crippen molar-refractivity contribution >= 4 is 39.1 Å². The van der Waals surface area contributed by atoms with Crippen LogP contribution in [0.4, 0.5) is 10.2 Å². The lowest BCUT2D eigenvalue weighted by molar-refractivity contribution is 0.211. The fraction of sp³-hybridized carbons (Fsp3) is 0.450. The SMILES string of the molecule is [2H]c1nc(N([2H])C2([2H])CCN(C([2H])c3ccc(F)c(Cl)c3)CC2)c2sc(C([2H])(C)C)nc2n1. The molecule has 28 heavy (non-hydrogen) atoms. The Bertz CT molecular complexity index is 1180. The quantitative estimate of drug-likeness (QED) is 0.619. The summed E-state index contributed by atoms with van der Waals surface area (Å²) < 4.78 is 56.3. The molecule has 148 valence electrons. The number of fused-ring (bicyclic) bond motifs is 1. The van der Waals surface area contributed by atoms with E-state index in [-0.39, 0.29) is 35.6 Å². The van der Waals surface area contributed by atoms with Gasteiger partial charge in [-0.05, 0) is 30.5 Å². The minimum absolute atomic E-state index is 0.0345. The first-order valence-corrected chi connectivity index (χ1v) is 10.1. The molecule has 4 rings (SSSR count). The van der Waals surface area contributed by atoms with Gasteiger partial charge in [0.1, 0.15) is 24.0 Å². The largest absolute Gasteiger partial charge is 0.366 e. The summed E-state index contributed by atoms with van der Waals surface area (Å²) >= 11 is 7.06. The summed E-state index contributed by atoms with van der Waals surface area (Å²) in [5.74, 6) is -1.37. The van der Waals surface area contributed by atoms with Crippen LogP contribution in [0, 0.1) is 5.82 Å². The molecule has 1 fully saturated rings. The highest BCUT2D eigenvalue weighted by atomic mass is 35.5. The molecule has 0 radical (unpaired) electrons. The number of nitrogens with one attached hydrogen (secondary N) is 1. The first kappa shape index (κ1) is 14.2. The van der Waals surface area contributed by atoms with Gasteiger partial charge in [0.15, 0.2) is 7.06 Å². The number of anilines is 1. The molecule has 2 aromatic heterocycles. The molecule has 1 aliphatic rings. The van der Waals surface area contributed by atoms with E-state index in [2.05, 4.69) is 15.0 Å². The molecule has 3 heterocycles. The lowest BCUT2D eigenvalue weighted by Crippen LogP contribution is -2.38. The normalized spacial score (nSPS) is 21.4. The summed E-state index contributed by atoms with van der Waals surface area (Å²) in [6.07, 6.45) is 0.222. The van der Waals surface area contributed by atoms with Crippen molar-refractivity contribution < 1.29 is 11.3 Å². The van der Waals surface area contributed by atoms with Crippen LogP contribution in [0.2, 0.25) is 6.43 Å². The highest BCUT2D eigenvalue weighted by Crippen LogP contribution is 2.31. The molecule has 0 saturated carbocycles. The van der Waals surface area contributed by atoms with Crippen LogP contribution in [-0.4, -0.2) is 39.0 Å². The van der Waals surface area contributed by atoms with E-state index in [1.807, 2.05) is 4.90 Å². The van der Waals surface area contributed by atoms with Crippen LogP contribution in [0.1, 0.15) is 48.6 Å². The molecular weight excluding hydrogens is 397 g/mol. The molecule has 3 aromatic rings. The zero-order chi connectivity index (χ0) is 24.1. The van der Waals surface area contributed by atoms with Gasteiger partial charge in [0.05, 0.1) is 11.4 Å². The molecule has 1 saturated heterocycles. The first-order chi connectivity index (χ1) is 15.4. The average molecular weight is 425 g/mol. The van der Waals surface area contributed by atoms with Gasteiger partial charge in [0.2, 0.25) is 0 Å². The molecule has 1 aliphatic heterocycles. The molecule has 0 amide bonds. The van der Waals surface area contributed by atoms with Crippen LogP contribution < -0.4 is 5.31 Å². The number of hydrogen-bond acceptors (Lipinski definition) is 6. The van der Waals surface area contributed by atoms with Crippen LogP contribution in [-0.2, 0) is 6.52 Å². The Morgan fingerprint density at radius 3 is 3.00 bits per heavy atom. The lowest BCUT2D eigenvalue weighted by Gasteiger charge is -2.32. The van der Waals surface area contributed by atoms with Gasteiger partial charge in [0.25, 0.3) is 0 Å². The molecular formula is C20H23ClFN5S. The van der Waals surface area contributed by atoms with E-state index >= 15 is 0 Å². The number of likely N-dealkylation sites (tertiary alicyclic amines) is 1. The van der Waals surface area contributed by atoms with Crippen molar-refractivity contribution in [3.05, 3.63) is 45.9 Å². The van der Waals surface area contributed by atoms with Crippen molar-refractivity contribution in [2.75, 3.05) is 18.4 Å². The molecule has 1 N–H and O–H groups in total. The molecule has 5 nitrogen and oxygen atoms in total. The summed E-state index contributed by atoms with van der Waals surface area (Å²) in [5.41, 5.74) is 0.816. The van der Waals surface area contributed by atoms with Gasteiger partial charge in [-0.25, -0.2) is 19.3 Å². The maximum Gasteiger partial charge on any atom is 0.175 e. The third-order valence-corrected chi connectivity index (χ3v) is 6.02. The van der Waals surface area contributed by atoms with Gasteiger partial charge in [0, 0.05) is 34.3 Å². The summed E-state index contributed by atoms with van der Waals surface area (Å²) in [5, 5.41) is 1.47. The zero-order valence-electron chi connectivity index (χ0n) is 20.5. The number of hydrogen-bond donors (Lipinski definition) is 1. The number of thiazole rings is 1. The number of rotatable bonds is 5. The first-order valence-electron chi connectivity index (χ1n) is 11.5. The molecule has 1 aromatic carbocycles. The highest BCUT2D eigenvalue weighted by Gasteiger charge is 2.21. The second-order valence-corrected chi connectivity index (χ2v) is 8.24. The van der Waals surface area contributed by atoms with E-state index in [0.717, 1.165) is 5.31 Å². The number of halogens is 2. The number of benzene rings is 1. The van der Waals surface area contributed by atoms with E-state index in [1.165, 1.54) is 29.5 Å². The molecule has 8 heteroatoms. The predicted octanol–water partition coefficient (Wildman–Crippen LogP) is 5.08. The standard InChI is InChI=1S/C20H23ClFN5S/c1-12(2)20-26-19-17(28-20)18(23-11-24-19)25-14-5-7-27(8-6-14)10-13-3-4-16(22)15(21)9-13/h3-4,9,11-12,14H,5-8,10H2,1-2H3,(H,23,24,25)/i10D,11D,12D,14D/hD. The van der Waals surface area contributed by atoms with Gasteiger partial charge in [-0.3, -0.25) is 4.90 Å². The fourth-order valence-electron chi connectivity index (χ4n) is 2.97. The third-order valence-electron chi connectivity index (χ3n) is 4.47. The predicted molar refractivity (Wildman–Crippen MR) is 113 cm³/mol. The second kappa shape index (κ2) is 8.27. The van der Waals surface area contributed by atoms with E-state index in [1.54, 1.807) is 13.8 Å². The van der Waals surface area contributed by atoms with Crippen molar-refractivity contribution in [1.82, 2.24) is 19.9 Å². The molecule has 1 atom stereocenters. The van der Waals surface area contributed by atoms with Crippen molar-refractivity contribution in [2.24, 2.45) is 0 Å². The Balaban J connectivity index is 1.56. The smallest absolute Gasteiger partial charge is 0.175 e. The van der Waals surface area contributed by atoms with E-state index < -0.39 is 24.2 Å². The topological polar surface area (TPSA) is 53.9 Å². The van der Waals surface area contributed by atoms with Gasteiger partial charge in [-0.15, -0.1) is 11.3 Å². The van der Waals surface area contributed by atoms with Gasteiger partial charge < -0.3 is 5.31 Å². The van der Waals surface area contributed by atoms with Crippen LogP contribution in [0.3, 0.4) is 0 Å². The minimum atomic E-state index is -1.33. The molecule has 1 unspecified atom stereocenters. The summed E-state index contributed by atoms with van der Waals surface area (Å²) in [7, 11) is 0. The third kappa shape index (κ3) is 4.26. The number of aromatic nitrogens is 3. The average Bonchev–Trinajstić information content (AvgIpc) is 3.19. The zero-order valence-corrected chi connectivity index (χ0v) is 17.1. The summed E-state index contributed by atoms with van der Waals surface area (Å²) in [6, 6.07) is 2.88. The van der Waals surface area contributed by atoms with E-state index in [0.29, 0.717) is 28.4 Å². The molecule has 0 aliphatic carbocycles. The van der Waals surface area contributed by atoms with Gasteiger partial charge >= 0.3 is 0 Å². The van der Waals surface area contributed by atoms with E-state index in [9.17, 15) is 4.39 Å². The molecule has 0 spiro atoms. The Morgan fingerprint density at radius 1 is 1.50 bits per heavy atom. The molecule has 0 bridgehead atoms. The Labute approximate surface area is 180 Å². The Hall–Kier alpha value is -1.83. The van der Waals surface area contributed by atoms with E-state index in [4.69, 9.17) is 18.5 Å². The van der Waals surface area contributed by atoms with Crippen LogP contribution in [0.25, 0.3) is 10.3 Å². The lowest BCUT2D eigenvalue weighted by atomic mass is 10.0. The minimum Gasteiger partial charge on any atom is -0.366 e.